The predicted octanol–water partition coefficient (Wildman–Crippen LogP) is 2.28. The lowest BCUT2D eigenvalue weighted by molar-refractivity contribution is 0.432. The van der Waals surface area contributed by atoms with E-state index in [9.17, 15) is 0 Å². The second kappa shape index (κ2) is 4.07. The van der Waals surface area contributed by atoms with Crippen LogP contribution in [0, 0.1) is 11.3 Å². The molecule has 0 aliphatic heterocycles. The zero-order valence-electron chi connectivity index (χ0n) is 9.14. The second-order valence-corrected chi connectivity index (χ2v) is 3.62. The summed E-state index contributed by atoms with van der Waals surface area (Å²) in [5.41, 5.74) is 2.42. The van der Waals surface area contributed by atoms with Crippen molar-refractivity contribution in [1.29, 1.82) is 5.26 Å². The third kappa shape index (κ3) is 1.75. The first kappa shape index (κ1) is 10.2. The maximum atomic E-state index is 8.85. The van der Waals surface area contributed by atoms with Crippen molar-refractivity contribution in [3.8, 4) is 17.4 Å². The molecule has 0 aliphatic rings. The van der Waals surface area contributed by atoms with Crippen LogP contribution in [0.15, 0.2) is 35.0 Å². The summed E-state index contributed by atoms with van der Waals surface area (Å²) in [6.45, 7) is 0. The third-order valence-electron chi connectivity index (χ3n) is 2.34. The largest absolute Gasteiger partial charge is 0.378 e. The standard InChI is InChI=1S/C12H11N3O/c1-15(2)11-5-3-9(4-6-11)12-10(7-13)8-14-16-12/h3-6,8H,1-2H3. The van der Waals surface area contributed by atoms with Crippen LogP contribution in [0.1, 0.15) is 5.56 Å². The van der Waals surface area contributed by atoms with Crippen LogP contribution in [0.25, 0.3) is 11.3 Å². The van der Waals surface area contributed by atoms with Crippen LogP contribution in [-0.4, -0.2) is 19.3 Å². The Kier molecular flexibility index (Phi) is 2.61. The fourth-order valence-electron chi connectivity index (χ4n) is 1.44. The van der Waals surface area contributed by atoms with Crippen LogP contribution in [0.2, 0.25) is 0 Å². The van der Waals surface area contributed by atoms with E-state index >= 15 is 0 Å². The molecule has 2 aromatic rings. The molecule has 16 heavy (non-hydrogen) atoms. The molecule has 1 aromatic heterocycles. The van der Waals surface area contributed by atoms with Crippen molar-refractivity contribution in [2.75, 3.05) is 19.0 Å². The maximum Gasteiger partial charge on any atom is 0.184 e. The Morgan fingerprint density at radius 3 is 2.50 bits per heavy atom. The molecule has 0 bridgehead atoms. The number of rotatable bonds is 2. The molecule has 0 aliphatic carbocycles. The van der Waals surface area contributed by atoms with Crippen molar-refractivity contribution in [2.24, 2.45) is 0 Å². The highest BCUT2D eigenvalue weighted by Crippen LogP contribution is 2.24. The second-order valence-electron chi connectivity index (χ2n) is 3.62. The normalized spacial score (nSPS) is 9.81. The zero-order valence-corrected chi connectivity index (χ0v) is 9.14. The van der Waals surface area contributed by atoms with Gasteiger partial charge in [-0.3, -0.25) is 0 Å². The topological polar surface area (TPSA) is 53.1 Å². The Bertz CT molecular complexity index is 520. The van der Waals surface area contributed by atoms with Crippen molar-refractivity contribution in [2.45, 2.75) is 0 Å². The molecule has 0 fully saturated rings. The van der Waals surface area contributed by atoms with E-state index in [2.05, 4.69) is 5.16 Å². The van der Waals surface area contributed by atoms with E-state index in [4.69, 9.17) is 9.78 Å². The van der Waals surface area contributed by atoms with Crippen LogP contribution in [0.5, 0.6) is 0 Å². The lowest BCUT2D eigenvalue weighted by atomic mass is 10.1. The molecule has 1 aromatic carbocycles. The molecule has 1 heterocycles. The van der Waals surface area contributed by atoms with Crippen LogP contribution in [0.4, 0.5) is 5.69 Å². The number of nitrogens with zero attached hydrogens (tertiary/aromatic N) is 3. The van der Waals surface area contributed by atoms with Gasteiger partial charge >= 0.3 is 0 Å². The van der Waals surface area contributed by atoms with Gasteiger partial charge in [0.2, 0.25) is 0 Å². The van der Waals surface area contributed by atoms with Gasteiger partial charge in [-0.25, -0.2) is 0 Å². The highest BCUT2D eigenvalue weighted by Gasteiger charge is 2.09. The van der Waals surface area contributed by atoms with Gasteiger partial charge in [0, 0.05) is 25.3 Å². The lowest BCUT2D eigenvalue weighted by Gasteiger charge is -2.11. The Labute approximate surface area is 93.7 Å². The summed E-state index contributed by atoms with van der Waals surface area (Å²) in [7, 11) is 3.95. The molecule has 4 heteroatoms. The summed E-state index contributed by atoms with van der Waals surface area (Å²) >= 11 is 0. The average molecular weight is 213 g/mol. The van der Waals surface area contributed by atoms with E-state index in [-0.39, 0.29) is 0 Å². The number of nitriles is 1. The first-order chi connectivity index (χ1) is 7.72. The number of hydrogen-bond acceptors (Lipinski definition) is 4. The highest BCUT2D eigenvalue weighted by molar-refractivity contribution is 5.66. The minimum atomic E-state index is 0.456. The molecule has 0 radical (unpaired) electrons. The molecule has 4 nitrogen and oxygen atoms in total. The van der Waals surface area contributed by atoms with Gasteiger partial charge in [0.05, 0.1) is 6.20 Å². The fourth-order valence-corrected chi connectivity index (χ4v) is 1.44. The molecule has 2 rings (SSSR count). The Morgan fingerprint density at radius 1 is 1.25 bits per heavy atom. The first-order valence-electron chi connectivity index (χ1n) is 4.85. The monoisotopic (exact) mass is 213 g/mol. The summed E-state index contributed by atoms with van der Waals surface area (Å²) in [5.74, 6) is 0.521. The van der Waals surface area contributed by atoms with Crippen molar-refractivity contribution in [3.05, 3.63) is 36.0 Å². The van der Waals surface area contributed by atoms with Crippen molar-refractivity contribution in [1.82, 2.24) is 5.16 Å². The number of aromatic nitrogens is 1. The summed E-state index contributed by atoms with van der Waals surface area (Å²) in [5, 5.41) is 12.5. The van der Waals surface area contributed by atoms with Crippen LogP contribution >= 0.6 is 0 Å². The summed E-state index contributed by atoms with van der Waals surface area (Å²) in [4.78, 5) is 2.01. The van der Waals surface area contributed by atoms with E-state index in [1.54, 1.807) is 0 Å². The summed E-state index contributed by atoms with van der Waals surface area (Å²) < 4.78 is 5.06. The molecule has 0 saturated heterocycles. The molecule has 0 saturated carbocycles. The van der Waals surface area contributed by atoms with Gasteiger partial charge in [-0.1, -0.05) is 5.16 Å². The molecule has 0 atom stereocenters. The molecule has 80 valence electrons. The highest BCUT2D eigenvalue weighted by atomic mass is 16.5. The zero-order chi connectivity index (χ0) is 11.5. The molecular formula is C12H11N3O. The van der Waals surface area contributed by atoms with Gasteiger partial charge in [-0.05, 0) is 24.3 Å². The van der Waals surface area contributed by atoms with Crippen molar-refractivity contribution >= 4 is 5.69 Å². The van der Waals surface area contributed by atoms with Crippen molar-refractivity contribution < 1.29 is 4.52 Å². The molecule has 0 amide bonds. The van der Waals surface area contributed by atoms with Gasteiger partial charge < -0.3 is 9.42 Å². The minimum Gasteiger partial charge on any atom is -0.378 e. The SMILES string of the molecule is CN(C)c1ccc(-c2oncc2C#N)cc1. The number of anilines is 1. The maximum absolute atomic E-state index is 8.85. The molecule has 0 N–H and O–H groups in total. The van der Waals surface area contributed by atoms with Crippen LogP contribution in [-0.2, 0) is 0 Å². The minimum absolute atomic E-state index is 0.456. The third-order valence-corrected chi connectivity index (χ3v) is 2.34. The molecule has 0 unspecified atom stereocenters. The van der Waals surface area contributed by atoms with E-state index in [0.29, 0.717) is 11.3 Å². The Morgan fingerprint density at radius 2 is 1.94 bits per heavy atom. The van der Waals surface area contributed by atoms with E-state index < -0.39 is 0 Å². The smallest absolute Gasteiger partial charge is 0.184 e. The van der Waals surface area contributed by atoms with Gasteiger partial charge in [0.1, 0.15) is 11.6 Å². The lowest BCUT2D eigenvalue weighted by Crippen LogP contribution is -2.07. The van der Waals surface area contributed by atoms with Gasteiger partial charge in [0.25, 0.3) is 0 Å². The first-order valence-corrected chi connectivity index (χ1v) is 4.85. The Balaban J connectivity index is 2.39. The summed E-state index contributed by atoms with van der Waals surface area (Å²) in [6, 6.07) is 9.81. The average Bonchev–Trinajstić information content (AvgIpc) is 2.77. The van der Waals surface area contributed by atoms with Gasteiger partial charge in [-0.2, -0.15) is 5.26 Å². The molecule has 0 spiro atoms. The number of benzene rings is 1. The van der Waals surface area contributed by atoms with Crippen molar-refractivity contribution in [3.63, 3.8) is 0 Å². The predicted molar refractivity (Wildman–Crippen MR) is 61.0 cm³/mol. The van der Waals surface area contributed by atoms with E-state index in [1.807, 2.05) is 49.3 Å². The molecular weight excluding hydrogens is 202 g/mol. The summed E-state index contributed by atoms with van der Waals surface area (Å²) in [6.07, 6.45) is 1.43. The van der Waals surface area contributed by atoms with E-state index in [1.165, 1.54) is 6.20 Å². The quantitative estimate of drug-likeness (QED) is 0.768. The van der Waals surface area contributed by atoms with Gasteiger partial charge in [0.15, 0.2) is 5.76 Å². The van der Waals surface area contributed by atoms with Gasteiger partial charge in [-0.15, -0.1) is 0 Å². The van der Waals surface area contributed by atoms with E-state index in [0.717, 1.165) is 11.3 Å². The Hall–Kier alpha value is -2.28. The van der Waals surface area contributed by atoms with Crippen LogP contribution in [0.3, 0.4) is 0 Å². The fraction of sp³-hybridized carbons (Fsp3) is 0.167. The van der Waals surface area contributed by atoms with Crippen LogP contribution < -0.4 is 4.90 Å². The number of hydrogen-bond donors (Lipinski definition) is 0.